The third-order valence-corrected chi connectivity index (χ3v) is 4.03. The fourth-order valence-corrected chi connectivity index (χ4v) is 2.63. The number of carbonyl (C=O) groups is 2. The summed E-state index contributed by atoms with van der Waals surface area (Å²) in [5.74, 6) is -1.17. The number of esters is 1. The van der Waals surface area contributed by atoms with Gasteiger partial charge in [-0.3, -0.25) is 9.59 Å². The Balaban J connectivity index is 1.62. The smallest absolute Gasteiger partial charge is 0.437 e. The quantitative estimate of drug-likeness (QED) is 0.426. The lowest BCUT2D eigenvalue weighted by molar-refractivity contribution is -0.147. The molecule has 0 radical (unpaired) electrons. The fraction of sp³-hybridized carbons (Fsp3) is 0.238. The molecule has 0 bridgehead atoms. The highest BCUT2D eigenvalue weighted by atomic mass is 16.5. The molecule has 8 nitrogen and oxygen atoms in total. The van der Waals surface area contributed by atoms with E-state index in [1.54, 1.807) is 48.5 Å². The number of benzene rings is 2. The minimum atomic E-state index is -1.02. The van der Waals surface area contributed by atoms with E-state index >= 15 is 0 Å². The molecule has 0 N–H and O–H groups in total. The molecule has 0 fully saturated rings. The molecule has 8 heteroatoms. The van der Waals surface area contributed by atoms with E-state index in [9.17, 15) is 14.4 Å². The van der Waals surface area contributed by atoms with E-state index in [1.807, 2.05) is 13.0 Å². The molecule has 150 valence electrons. The van der Waals surface area contributed by atoms with Gasteiger partial charge < -0.3 is 13.9 Å². The highest BCUT2D eigenvalue weighted by Gasteiger charge is 2.21. The van der Waals surface area contributed by atoms with Crippen LogP contribution >= 0.6 is 0 Å². The van der Waals surface area contributed by atoms with Crippen LogP contribution in [0.2, 0.25) is 0 Å². The van der Waals surface area contributed by atoms with Gasteiger partial charge in [0.1, 0.15) is 12.3 Å². The summed E-state index contributed by atoms with van der Waals surface area (Å²) in [4.78, 5) is 36.5. The number of ether oxygens (including phenoxy) is 2. The van der Waals surface area contributed by atoms with E-state index in [4.69, 9.17) is 13.9 Å². The minimum Gasteiger partial charge on any atom is -0.494 e. The van der Waals surface area contributed by atoms with Gasteiger partial charge in [-0.25, -0.2) is 4.79 Å². The summed E-state index contributed by atoms with van der Waals surface area (Å²) in [6.45, 7) is 3.39. The number of hydrogen-bond donors (Lipinski definition) is 0. The van der Waals surface area contributed by atoms with Crippen molar-refractivity contribution in [3.8, 4) is 17.2 Å². The molecule has 0 aliphatic carbocycles. The lowest BCUT2D eigenvalue weighted by Gasteiger charge is -2.12. The maximum absolute atomic E-state index is 12.4. The average Bonchev–Trinajstić information content (AvgIpc) is 3.09. The van der Waals surface area contributed by atoms with Crippen molar-refractivity contribution < 1.29 is 23.5 Å². The van der Waals surface area contributed by atoms with E-state index in [-0.39, 0.29) is 11.7 Å². The third kappa shape index (κ3) is 4.98. The molecule has 3 rings (SSSR count). The second kappa shape index (κ2) is 9.01. The van der Waals surface area contributed by atoms with Crippen molar-refractivity contribution in [3.63, 3.8) is 0 Å². The van der Waals surface area contributed by atoms with Gasteiger partial charge in [0.15, 0.2) is 6.10 Å². The van der Waals surface area contributed by atoms with Gasteiger partial charge in [0.05, 0.1) is 6.61 Å². The first-order valence-corrected chi connectivity index (χ1v) is 9.08. The van der Waals surface area contributed by atoms with Gasteiger partial charge in [-0.15, -0.1) is 5.10 Å². The molecule has 0 unspecified atom stereocenters. The van der Waals surface area contributed by atoms with Gasteiger partial charge in [0.25, 0.3) is 0 Å². The Morgan fingerprint density at radius 2 is 1.79 bits per heavy atom. The van der Waals surface area contributed by atoms with E-state index in [2.05, 4.69) is 5.10 Å². The highest BCUT2D eigenvalue weighted by Crippen LogP contribution is 2.15. The first kappa shape index (κ1) is 20.1. The number of rotatable bonds is 8. The molecular formula is C21H20N2O6. The van der Waals surface area contributed by atoms with Crippen molar-refractivity contribution in [2.24, 2.45) is 0 Å². The van der Waals surface area contributed by atoms with Gasteiger partial charge in [-0.05, 0) is 50.2 Å². The number of Topliss-reactive ketones (excluding diaryl/α,β-unsaturated/α-hetero) is 1. The summed E-state index contributed by atoms with van der Waals surface area (Å²) in [5.41, 5.74) is 0.995. The van der Waals surface area contributed by atoms with Crippen LogP contribution in [-0.2, 0) is 16.1 Å². The first-order valence-electron chi connectivity index (χ1n) is 9.08. The normalized spacial score (nSPS) is 11.7. The second-order valence-electron chi connectivity index (χ2n) is 6.15. The third-order valence-electron chi connectivity index (χ3n) is 4.03. The topological polar surface area (TPSA) is 101 Å². The largest absolute Gasteiger partial charge is 0.494 e. The van der Waals surface area contributed by atoms with Crippen LogP contribution in [0.3, 0.4) is 0 Å². The predicted molar refractivity (Wildman–Crippen MR) is 104 cm³/mol. The Bertz CT molecular complexity index is 1040. The summed E-state index contributed by atoms with van der Waals surface area (Å²) in [5, 5.41) is 4.00. The highest BCUT2D eigenvalue weighted by molar-refractivity contribution is 6.00. The van der Waals surface area contributed by atoms with Gasteiger partial charge in [0.2, 0.25) is 11.7 Å². The molecule has 1 heterocycles. The zero-order valence-corrected chi connectivity index (χ0v) is 16.0. The van der Waals surface area contributed by atoms with Gasteiger partial charge in [0, 0.05) is 11.1 Å². The molecule has 0 amide bonds. The lowest BCUT2D eigenvalue weighted by atomic mass is 10.1. The Hall–Kier alpha value is -3.68. The van der Waals surface area contributed by atoms with Crippen molar-refractivity contribution in [2.75, 3.05) is 6.61 Å². The number of aromatic nitrogens is 2. The van der Waals surface area contributed by atoms with Gasteiger partial charge >= 0.3 is 11.7 Å². The molecule has 0 saturated heterocycles. The summed E-state index contributed by atoms with van der Waals surface area (Å²) in [6.07, 6.45) is -1.02. The zero-order valence-electron chi connectivity index (χ0n) is 16.0. The molecule has 1 aromatic heterocycles. The van der Waals surface area contributed by atoms with Crippen molar-refractivity contribution in [3.05, 3.63) is 70.7 Å². The van der Waals surface area contributed by atoms with Crippen LogP contribution in [0.5, 0.6) is 5.75 Å². The molecule has 3 aromatic rings. The second-order valence-corrected chi connectivity index (χ2v) is 6.15. The summed E-state index contributed by atoms with van der Waals surface area (Å²) in [6, 6.07) is 15.4. The zero-order chi connectivity index (χ0) is 20.8. The van der Waals surface area contributed by atoms with E-state index in [1.165, 1.54) is 6.92 Å². The van der Waals surface area contributed by atoms with Crippen molar-refractivity contribution >= 4 is 11.8 Å². The molecule has 0 aliphatic heterocycles. The Kier molecular flexibility index (Phi) is 6.23. The predicted octanol–water partition coefficient (Wildman–Crippen LogP) is 2.72. The van der Waals surface area contributed by atoms with Crippen molar-refractivity contribution in [1.82, 2.24) is 9.78 Å². The Labute approximate surface area is 166 Å². The lowest BCUT2D eigenvalue weighted by Crippen LogP contribution is -2.29. The van der Waals surface area contributed by atoms with Crippen LogP contribution in [0.15, 0.2) is 63.8 Å². The summed E-state index contributed by atoms with van der Waals surface area (Å²) >= 11 is 0. The minimum absolute atomic E-state index is 0.0990. The molecule has 0 aliphatic rings. The number of carbonyl (C=O) groups excluding carboxylic acids is 2. The molecule has 0 saturated carbocycles. The Morgan fingerprint density at radius 3 is 2.45 bits per heavy atom. The first-order chi connectivity index (χ1) is 14.0. The molecular weight excluding hydrogens is 376 g/mol. The van der Waals surface area contributed by atoms with Crippen LogP contribution in [0, 0.1) is 0 Å². The maximum Gasteiger partial charge on any atom is 0.437 e. The van der Waals surface area contributed by atoms with Gasteiger partial charge in [-0.2, -0.15) is 4.68 Å². The average molecular weight is 396 g/mol. The van der Waals surface area contributed by atoms with E-state index in [0.29, 0.717) is 23.5 Å². The summed E-state index contributed by atoms with van der Waals surface area (Å²) in [7, 11) is 0. The SMILES string of the molecule is CCOc1ccc(C(=O)[C@H](C)OC(=O)Cn2nc(-c3ccccc3)oc2=O)cc1. The van der Waals surface area contributed by atoms with E-state index in [0.717, 1.165) is 4.68 Å². The van der Waals surface area contributed by atoms with E-state index < -0.39 is 24.4 Å². The monoisotopic (exact) mass is 396 g/mol. The standard InChI is InChI=1S/C21H20N2O6/c1-3-27-17-11-9-15(10-12-17)19(25)14(2)28-18(24)13-23-21(26)29-20(22-23)16-7-5-4-6-8-16/h4-12,14H,3,13H2,1-2H3/t14-/m0/s1. The molecule has 1 atom stereocenters. The van der Waals surface area contributed by atoms with Crippen molar-refractivity contribution in [2.45, 2.75) is 26.5 Å². The maximum atomic E-state index is 12.4. The number of nitrogens with zero attached hydrogens (tertiary/aromatic N) is 2. The van der Waals surface area contributed by atoms with Crippen molar-refractivity contribution in [1.29, 1.82) is 0 Å². The van der Waals surface area contributed by atoms with Crippen LogP contribution in [0.25, 0.3) is 11.5 Å². The molecule has 2 aromatic carbocycles. The number of ketones is 1. The Morgan fingerprint density at radius 1 is 1.10 bits per heavy atom. The van der Waals surface area contributed by atoms with Crippen LogP contribution < -0.4 is 10.5 Å². The molecule has 0 spiro atoms. The molecule has 29 heavy (non-hydrogen) atoms. The fourth-order valence-electron chi connectivity index (χ4n) is 2.63. The summed E-state index contributed by atoms with van der Waals surface area (Å²) < 4.78 is 16.4. The van der Waals surface area contributed by atoms with Gasteiger partial charge in [-0.1, -0.05) is 18.2 Å². The van der Waals surface area contributed by atoms with Crippen LogP contribution in [0.4, 0.5) is 0 Å². The number of hydrogen-bond acceptors (Lipinski definition) is 7. The van der Waals surface area contributed by atoms with Crippen LogP contribution in [-0.4, -0.2) is 34.2 Å². The van der Waals surface area contributed by atoms with Crippen LogP contribution in [0.1, 0.15) is 24.2 Å².